The second-order valence-electron chi connectivity index (χ2n) is 4.43. The van der Waals surface area contributed by atoms with E-state index in [0.717, 1.165) is 12.0 Å². The predicted octanol–water partition coefficient (Wildman–Crippen LogP) is 3.40. The minimum Gasteiger partial charge on any atom is -0.456 e. The summed E-state index contributed by atoms with van der Waals surface area (Å²) < 4.78 is 7.52. The molecule has 0 atom stereocenters. The molecule has 2 aromatic heterocycles. The highest BCUT2D eigenvalue weighted by Gasteiger charge is 2.05. The van der Waals surface area contributed by atoms with Gasteiger partial charge < -0.3 is 8.98 Å². The van der Waals surface area contributed by atoms with Crippen LogP contribution in [0.2, 0.25) is 0 Å². The van der Waals surface area contributed by atoms with Gasteiger partial charge in [0, 0.05) is 11.7 Å². The average molecular weight is 239 g/mol. The van der Waals surface area contributed by atoms with Gasteiger partial charge in [-0.3, -0.25) is 4.79 Å². The summed E-state index contributed by atoms with van der Waals surface area (Å²) in [4.78, 5) is 10.6. The maximum Gasteiger partial charge on any atom is 0.185 e. The van der Waals surface area contributed by atoms with Crippen LogP contribution in [0.15, 0.2) is 47.0 Å². The summed E-state index contributed by atoms with van der Waals surface area (Å²) in [5.74, 6) is 1.16. The SMILES string of the molecule is Cc1ccc2ccn(Cc3ccc(C=O)o3)c2c1. The van der Waals surface area contributed by atoms with Gasteiger partial charge in [0.05, 0.1) is 6.54 Å². The van der Waals surface area contributed by atoms with Crippen molar-refractivity contribution >= 4 is 17.2 Å². The molecular formula is C15H13NO2. The smallest absolute Gasteiger partial charge is 0.185 e. The second-order valence-corrected chi connectivity index (χ2v) is 4.43. The molecule has 3 heteroatoms. The van der Waals surface area contributed by atoms with Crippen molar-refractivity contribution in [3.05, 3.63) is 59.7 Å². The van der Waals surface area contributed by atoms with Crippen LogP contribution in [0.1, 0.15) is 21.9 Å². The van der Waals surface area contributed by atoms with Gasteiger partial charge in [0.15, 0.2) is 12.0 Å². The van der Waals surface area contributed by atoms with E-state index < -0.39 is 0 Å². The molecule has 0 spiro atoms. The molecule has 0 aliphatic heterocycles. The van der Waals surface area contributed by atoms with E-state index in [1.807, 2.05) is 12.3 Å². The Balaban J connectivity index is 1.99. The van der Waals surface area contributed by atoms with Crippen molar-refractivity contribution in [2.24, 2.45) is 0 Å². The lowest BCUT2D eigenvalue weighted by molar-refractivity contribution is 0.109. The van der Waals surface area contributed by atoms with Crippen LogP contribution >= 0.6 is 0 Å². The Morgan fingerprint density at radius 2 is 2.11 bits per heavy atom. The van der Waals surface area contributed by atoms with Crippen LogP contribution in [-0.4, -0.2) is 10.9 Å². The molecule has 2 heterocycles. The molecule has 0 unspecified atom stereocenters. The third kappa shape index (κ3) is 1.84. The summed E-state index contributed by atoms with van der Waals surface area (Å²) in [5, 5.41) is 1.21. The largest absolute Gasteiger partial charge is 0.456 e. The number of aryl methyl sites for hydroxylation is 1. The van der Waals surface area contributed by atoms with Crippen LogP contribution in [0.3, 0.4) is 0 Å². The first kappa shape index (κ1) is 10.8. The van der Waals surface area contributed by atoms with Gasteiger partial charge in [-0.05, 0) is 42.1 Å². The van der Waals surface area contributed by atoms with Crippen LogP contribution in [-0.2, 0) is 6.54 Å². The molecular weight excluding hydrogens is 226 g/mol. The van der Waals surface area contributed by atoms with Crippen molar-refractivity contribution < 1.29 is 9.21 Å². The molecule has 3 aromatic rings. The minimum absolute atomic E-state index is 0.373. The Morgan fingerprint density at radius 1 is 1.22 bits per heavy atom. The molecule has 0 aliphatic carbocycles. The van der Waals surface area contributed by atoms with Crippen LogP contribution in [0, 0.1) is 6.92 Å². The molecule has 18 heavy (non-hydrogen) atoms. The highest BCUT2D eigenvalue weighted by molar-refractivity contribution is 5.80. The van der Waals surface area contributed by atoms with Crippen LogP contribution in [0.4, 0.5) is 0 Å². The molecule has 0 fully saturated rings. The molecule has 90 valence electrons. The summed E-state index contributed by atoms with van der Waals surface area (Å²) in [5.41, 5.74) is 2.41. The Labute approximate surface area is 105 Å². The number of aldehydes is 1. The van der Waals surface area contributed by atoms with Gasteiger partial charge >= 0.3 is 0 Å². The topological polar surface area (TPSA) is 35.1 Å². The van der Waals surface area contributed by atoms with E-state index >= 15 is 0 Å². The fraction of sp³-hybridized carbons (Fsp3) is 0.133. The number of rotatable bonds is 3. The number of carbonyl (C=O) groups excluding carboxylic acids is 1. The summed E-state index contributed by atoms with van der Waals surface area (Å²) in [7, 11) is 0. The third-order valence-electron chi connectivity index (χ3n) is 3.05. The molecule has 0 aliphatic rings. The average Bonchev–Trinajstić information content (AvgIpc) is 2.97. The number of carbonyl (C=O) groups is 1. The van der Waals surface area contributed by atoms with Gasteiger partial charge in [0.25, 0.3) is 0 Å². The number of fused-ring (bicyclic) bond motifs is 1. The first-order chi connectivity index (χ1) is 8.76. The maximum absolute atomic E-state index is 10.6. The van der Waals surface area contributed by atoms with Gasteiger partial charge in [-0.25, -0.2) is 0 Å². The fourth-order valence-electron chi connectivity index (χ4n) is 2.14. The maximum atomic E-state index is 10.6. The second kappa shape index (κ2) is 4.18. The van der Waals surface area contributed by atoms with E-state index in [4.69, 9.17) is 4.42 Å². The van der Waals surface area contributed by atoms with E-state index in [9.17, 15) is 4.79 Å². The van der Waals surface area contributed by atoms with Gasteiger partial charge in [0.2, 0.25) is 0 Å². The standard InChI is InChI=1S/C15H13NO2/c1-11-2-3-12-6-7-16(15(12)8-11)9-13-4-5-14(10-17)18-13/h2-8,10H,9H2,1H3. The summed E-state index contributed by atoms with van der Waals surface area (Å²) in [6.07, 6.45) is 2.76. The van der Waals surface area contributed by atoms with Crippen LogP contribution in [0.25, 0.3) is 10.9 Å². The highest BCUT2D eigenvalue weighted by Crippen LogP contribution is 2.19. The summed E-state index contributed by atoms with van der Waals surface area (Å²) in [6.45, 7) is 2.72. The number of aromatic nitrogens is 1. The molecule has 0 bridgehead atoms. The zero-order chi connectivity index (χ0) is 12.5. The lowest BCUT2D eigenvalue weighted by atomic mass is 10.2. The summed E-state index contributed by atoms with van der Waals surface area (Å²) in [6, 6.07) is 12.0. The monoisotopic (exact) mass is 239 g/mol. The van der Waals surface area contributed by atoms with Crippen LogP contribution < -0.4 is 0 Å². The first-order valence-corrected chi connectivity index (χ1v) is 5.85. The Hall–Kier alpha value is -2.29. The van der Waals surface area contributed by atoms with E-state index in [-0.39, 0.29) is 0 Å². The van der Waals surface area contributed by atoms with Crippen molar-refractivity contribution in [1.82, 2.24) is 4.57 Å². The number of hydrogen-bond acceptors (Lipinski definition) is 2. The van der Waals surface area contributed by atoms with E-state index in [0.29, 0.717) is 12.3 Å². The van der Waals surface area contributed by atoms with E-state index in [1.54, 1.807) is 6.07 Å². The molecule has 0 saturated heterocycles. The quantitative estimate of drug-likeness (QED) is 0.656. The van der Waals surface area contributed by atoms with E-state index in [2.05, 4.69) is 35.8 Å². The lowest BCUT2D eigenvalue weighted by Crippen LogP contribution is -1.96. The van der Waals surface area contributed by atoms with Crippen molar-refractivity contribution in [3.63, 3.8) is 0 Å². The molecule has 1 aromatic carbocycles. The van der Waals surface area contributed by atoms with Gasteiger partial charge in [-0.2, -0.15) is 0 Å². The highest BCUT2D eigenvalue weighted by atomic mass is 16.3. The molecule has 3 rings (SSSR count). The van der Waals surface area contributed by atoms with Crippen LogP contribution in [0.5, 0.6) is 0 Å². The lowest BCUT2D eigenvalue weighted by Gasteiger charge is -2.03. The van der Waals surface area contributed by atoms with Crippen molar-refractivity contribution in [2.75, 3.05) is 0 Å². The Kier molecular flexibility index (Phi) is 2.52. The molecule has 0 amide bonds. The third-order valence-corrected chi connectivity index (χ3v) is 3.05. The van der Waals surface area contributed by atoms with Crippen molar-refractivity contribution in [1.29, 1.82) is 0 Å². The number of furan rings is 1. The number of nitrogens with zero attached hydrogens (tertiary/aromatic N) is 1. The first-order valence-electron chi connectivity index (χ1n) is 5.85. The minimum atomic E-state index is 0.373. The number of benzene rings is 1. The molecule has 0 N–H and O–H groups in total. The predicted molar refractivity (Wildman–Crippen MR) is 69.9 cm³/mol. The van der Waals surface area contributed by atoms with Crippen molar-refractivity contribution in [2.45, 2.75) is 13.5 Å². The van der Waals surface area contributed by atoms with Gasteiger partial charge in [-0.15, -0.1) is 0 Å². The molecule has 0 radical (unpaired) electrons. The zero-order valence-electron chi connectivity index (χ0n) is 10.1. The van der Waals surface area contributed by atoms with Crippen molar-refractivity contribution in [3.8, 4) is 0 Å². The Bertz CT molecular complexity index is 706. The molecule has 3 nitrogen and oxygen atoms in total. The Morgan fingerprint density at radius 3 is 2.89 bits per heavy atom. The molecule has 0 saturated carbocycles. The van der Waals surface area contributed by atoms with Gasteiger partial charge in [0.1, 0.15) is 5.76 Å². The van der Waals surface area contributed by atoms with Gasteiger partial charge in [-0.1, -0.05) is 12.1 Å². The van der Waals surface area contributed by atoms with E-state index in [1.165, 1.54) is 16.5 Å². The normalized spacial score (nSPS) is 10.9. The zero-order valence-corrected chi connectivity index (χ0v) is 10.1. The summed E-state index contributed by atoms with van der Waals surface area (Å²) >= 11 is 0. The number of hydrogen-bond donors (Lipinski definition) is 0. The fourth-order valence-corrected chi connectivity index (χ4v) is 2.14.